The summed E-state index contributed by atoms with van der Waals surface area (Å²) in [5.41, 5.74) is -0.568. The molecule has 1 heterocycles. The van der Waals surface area contributed by atoms with E-state index in [4.69, 9.17) is 11.6 Å². The van der Waals surface area contributed by atoms with Crippen molar-refractivity contribution in [3.63, 3.8) is 0 Å². The van der Waals surface area contributed by atoms with Gasteiger partial charge < -0.3 is 10.1 Å². The van der Waals surface area contributed by atoms with Gasteiger partial charge in [-0.2, -0.15) is 0 Å². The molecule has 1 rings (SSSR count). The zero-order valence-corrected chi connectivity index (χ0v) is 7.44. The van der Waals surface area contributed by atoms with Crippen LogP contribution in [0.4, 0.5) is 0 Å². The molecular formula is C7H12ClNO2. The second-order valence-electron chi connectivity index (χ2n) is 3.01. The van der Waals surface area contributed by atoms with E-state index in [1.54, 1.807) is 6.92 Å². The highest BCUT2D eigenvalue weighted by molar-refractivity contribution is 6.21. The van der Waals surface area contributed by atoms with Crippen LogP contribution in [0.3, 0.4) is 0 Å². The predicted octanol–water partition coefficient (Wildman–Crippen LogP) is 0.519. The Balaban J connectivity index is 2.61. The molecule has 0 unspecified atom stereocenters. The maximum Gasteiger partial charge on any atom is 0.325 e. The number of esters is 1. The first-order valence-corrected chi connectivity index (χ1v) is 3.99. The van der Waals surface area contributed by atoms with Crippen LogP contribution in [0.2, 0.25) is 0 Å². The average molecular weight is 178 g/mol. The molecule has 2 atom stereocenters. The third-order valence-electron chi connectivity index (χ3n) is 1.98. The van der Waals surface area contributed by atoms with E-state index in [9.17, 15) is 4.79 Å². The van der Waals surface area contributed by atoms with Crippen molar-refractivity contribution in [3.05, 3.63) is 0 Å². The number of hydrogen-bond acceptors (Lipinski definition) is 3. The Morgan fingerprint density at radius 3 is 2.82 bits per heavy atom. The topological polar surface area (TPSA) is 38.3 Å². The number of hydrogen-bond donors (Lipinski definition) is 1. The van der Waals surface area contributed by atoms with Crippen LogP contribution in [-0.4, -0.2) is 30.5 Å². The van der Waals surface area contributed by atoms with Crippen molar-refractivity contribution in [2.75, 3.05) is 13.7 Å². The van der Waals surface area contributed by atoms with E-state index in [0.717, 1.165) is 0 Å². The third kappa shape index (κ3) is 1.65. The lowest BCUT2D eigenvalue weighted by Gasteiger charge is -2.20. The molecule has 1 fully saturated rings. The van der Waals surface area contributed by atoms with Gasteiger partial charge in [0.05, 0.1) is 7.11 Å². The normalized spacial score (nSPS) is 37.2. The fourth-order valence-corrected chi connectivity index (χ4v) is 1.69. The summed E-state index contributed by atoms with van der Waals surface area (Å²) in [4.78, 5) is 11.1. The van der Waals surface area contributed by atoms with E-state index in [-0.39, 0.29) is 11.3 Å². The highest BCUT2D eigenvalue weighted by atomic mass is 35.5. The SMILES string of the molecule is COC(=O)[C@]1(C)C[C@H](Cl)CN1. The molecule has 0 amide bonds. The first-order valence-electron chi connectivity index (χ1n) is 3.56. The van der Waals surface area contributed by atoms with Crippen LogP contribution >= 0.6 is 11.6 Å². The Kier molecular flexibility index (Phi) is 2.40. The van der Waals surface area contributed by atoms with Gasteiger partial charge >= 0.3 is 5.97 Å². The van der Waals surface area contributed by atoms with Crippen molar-refractivity contribution in [2.24, 2.45) is 0 Å². The number of carbonyl (C=O) groups is 1. The Bertz CT molecular complexity index is 174. The van der Waals surface area contributed by atoms with Crippen LogP contribution in [0.5, 0.6) is 0 Å². The smallest absolute Gasteiger partial charge is 0.325 e. The number of ether oxygens (including phenoxy) is 1. The van der Waals surface area contributed by atoms with Crippen LogP contribution in [0.25, 0.3) is 0 Å². The molecule has 0 aromatic heterocycles. The highest BCUT2D eigenvalue weighted by Gasteiger charge is 2.41. The lowest BCUT2D eigenvalue weighted by Crippen LogP contribution is -2.45. The lowest BCUT2D eigenvalue weighted by atomic mass is 10.0. The van der Waals surface area contributed by atoms with Gasteiger partial charge in [0, 0.05) is 11.9 Å². The average Bonchev–Trinajstić information content (AvgIpc) is 2.31. The van der Waals surface area contributed by atoms with Crippen molar-refractivity contribution in [2.45, 2.75) is 24.3 Å². The number of carbonyl (C=O) groups excluding carboxylic acids is 1. The molecular weight excluding hydrogens is 166 g/mol. The minimum absolute atomic E-state index is 0.0408. The molecule has 0 saturated carbocycles. The van der Waals surface area contributed by atoms with E-state index >= 15 is 0 Å². The summed E-state index contributed by atoms with van der Waals surface area (Å²) in [5, 5.41) is 3.07. The highest BCUT2D eigenvalue weighted by Crippen LogP contribution is 2.23. The lowest BCUT2D eigenvalue weighted by molar-refractivity contribution is -0.147. The molecule has 3 nitrogen and oxygen atoms in total. The largest absolute Gasteiger partial charge is 0.468 e. The van der Waals surface area contributed by atoms with Crippen molar-refractivity contribution in [1.82, 2.24) is 5.32 Å². The van der Waals surface area contributed by atoms with Gasteiger partial charge in [0.15, 0.2) is 0 Å². The van der Waals surface area contributed by atoms with Gasteiger partial charge in [-0.3, -0.25) is 4.79 Å². The maximum atomic E-state index is 11.1. The second kappa shape index (κ2) is 2.99. The van der Waals surface area contributed by atoms with Crippen LogP contribution in [0, 0.1) is 0 Å². The summed E-state index contributed by atoms with van der Waals surface area (Å²) in [6.07, 6.45) is 0.640. The Hall–Kier alpha value is -0.280. The number of halogens is 1. The Morgan fingerprint density at radius 2 is 2.45 bits per heavy atom. The molecule has 1 aliphatic heterocycles. The van der Waals surface area contributed by atoms with Crippen LogP contribution < -0.4 is 5.32 Å². The van der Waals surface area contributed by atoms with Gasteiger partial charge in [0.25, 0.3) is 0 Å². The summed E-state index contributed by atoms with van der Waals surface area (Å²) in [7, 11) is 1.39. The predicted molar refractivity (Wildman–Crippen MR) is 42.7 cm³/mol. The molecule has 0 radical (unpaired) electrons. The summed E-state index contributed by atoms with van der Waals surface area (Å²) in [5.74, 6) is -0.236. The summed E-state index contributed by atoms with van der Waals surface area (Å²) in [6, 6.07) is 0. The maximum absolute atomic E-state index is 11.1. The van der Waals surface area contributed by atoms with Gasteiger partial charge in [-0.25, -0.2) is 0 Å². The number of rotatable bonds is 1. The monoisotopic (exact) mass is 177 g/mol. The zero-order chi connectivity index (χ0) is 8.48. The van der Waals surface area contributed by atoms with Crippen molar-refractivity contribution < 1.29 is 9.53 Å². The fraction of sp³-hybridized carbons (Fsp3) is 0.857. The minimum Gasteiger partial charge on any atom is -0.468 e. The van der Waals surface area contributed by atoms with Gasteiger partial charge in [-0.1, -0.05) is 0 Å². The number of alkyl halides is 1. The van der Waals surface area contributed by atoms with Gasteiger partial charge in [0.2, 0.25) is 0 Å². The summed E-state index contributed by atoms with van der Waals surface area (Å²) >= 11 is 5.83. The van der Waals surface area contributed by atoms with Crippen molar-refractivity contribution >= 4 is 17.6 Å². The molecule has 0 aromatic carbocycles. The molecule has 11 heavy (non-hydrogen) atoms. The number of nitrogens with one attached hydrogen (secondary N) is 1. The van der Waals surface area contributed by atoms with E-state index in [0.29, 0.717) is 13.0 Å². The van der Waals surface area contributed by atoms with E-state index in [1.807, 2.05) is 0 Å². The van der Waals surface area contributed by atoms with E-state index < -0.39 is 5.54 Å². The molecule has 0 spiro atoms. The minimum atomic E-state index is -0.568. The molecule has 1 N–H and O–H groups in total. The Morgan fingerprint density at radius 1 is 1.82 bits per heavy atom. The Labute approximate surface area is 71.1 Å². The summed E-state index contributed by atoms with van der Waals surface area (Å²) in [6.45, 7) is 2.48. The van der Waals surface area contributed by atoms with Gasteiger partial charge in [0.1, 0.15) is 5.54 Å². The van der Waals surface area contributed by atoms with E-state index in [1.165, 1.54) is 7.11 Å². The van der Waals surface area contributed by atoms with Crippen molar-refractivity contribution in [3.8, 4) is 0 Å². The van der Waals surface area contributed by atoms with Gasteiger partial charge in [-0.15, -0.1) is 11.6 Å². The standard InChI is InChI=1S/C7H12ClNO2/c1-7(6(10)11-2)3-5(8)4-9-7/h5,9H,3-4H2,1-2H3/t5-,7-/m0/s1. The molecule has 64 valence electrons. The van der Waals surface area contributed by atoms with Gasteiger partial charge in [-0.05, 0) is 13.3 Å². The van der Waals surface area contributed by atoms with Crippen LogP contribution in [0.15, 0.2) is 0 Å². The zero-order valence-electron chi connectivity index (χ0n) is 6.69. The number of methoxy groups -OCH3 is 1. The second-order valence-corrected chi connectivity index (χ2v) is 3.62. The summed E-state index contributed by atoms with van der Waals surface area (Å²) < 4.78 is 4.63. The molecule has 1 saturated heterocycles. The quantitative estimate of drug-likeness (QED) is 0.469. The molecule has 0 aliphatic carbocycles. The molecule has 0 aromatic rings. The third-order valence-corrected chi connectivity index (χ3v) is 2.29. The molecule has 0 bridgehead atoms. The van der Waals surface area contributed by atoms with E-state index in [2.05, 4.69) is 10.1 Å². The molecule has 4 heteroatoms. The van der Waals surface area contributed by atoms with Crippen LogP contribution in [-0.2, 0) is 9.53 Å². The first kappa shape index (κ1) is 8.81. The molecule has 1 aliphatic rings. The fourth-order valence-electron chi connectivity index (χ4n) is 1.30. The van der Waals surface area contributed by atoms with Crippen molar-refractivity contribution in [1.29, 1.82) is 0 Å². The first-order chi connectivity index (χ1) is 5.08. The van der Waals surface area contributed by atoms with Crippen LogP contribution in [0.1, 0.15) is 13.3 Å².